The minimum atomic E-state index is 0.644. The third-order valence-electron chi connectivity index (χ3n) is 1.86. The summed E-state index contributed by atoms with van der Waals surface area (Å²) in [6.07, 6.45) is 2.06. The number of aliphatic imine (C=N–C) groups is 1. The van der Waals surface area contributed by atoms with Crippen LogP contribution in [0.2, 0.25) is 0 Å². The molecule has 0 bridgehead atoms. The second-order valence-corrected chi connectivity index (χ2v) is 3.47. The van der Waals surface area contributed by atoms with Gasteiger partial charge in [0.2, 0.25) is 0 Å². The maximum absolute atomic E-state index is 4.05. The molecule has 0 aliphatic heterocycles. The lowest BCUT2D eigenvalue weighted by molar-refractivity contribution is 0.387. The quantitative estimate of drug-likeness (QED) is 0.536. The Hall–Kier alpha value is -0.330. The van der Waals surface area contributed by atoms with Crippen molar-refractivity contribution in [3.05, 3.63) is 0 Å². The summed E-state index contributed by atoms with van der Waals surface area (Å²) in [5.41, 5.74) is 0. The summed E-state index contributed by atoms with van der Waals surface area (Å²) in [6.45, 7) is 8.97. The second-order valence-electron chi connectivity index (χ2n) is 3.47. The third kappa shape index (κ3) is 3.00. The summed E-state index contributed by atoms with van der Waals surface area (Å²) in [5, 5.41) is 0. The zero-order valence-electron chi connectivity index (χ0n) is 7.76. The molecule has 0 atom stereocenters. The maximum atomic E-state index is 4.05. The molecular weight excluding hydrogens is 122 g/mol. The van der Waals surface area contributed by atoms with Crippen LogP contribution in [0.25, 0.3) is 0 Å². The maximum Gasteiger partial charge on any atom is 0.0273 e. The Balaban J connectivity index is 3.98. The topological polar surface area (TPSA) is 12.4 Å². The molecular formula is C9H19N. The van der Waals surface area contributed by atoms with E-state index in [9.17, 15) is 0 Å². The normalized spacial score (nSPS) is 12.8. The summed E-state index contributed by atoms with van der Waals surface area (Å²) in [5.74, 6) is 2.07. The minimum Gasteiger partial charge on any atom is -0.301 e. The van der Waals surface area contributed by atoms with Gasteiger partial charge in [0.1, 0.15) is 0 Å². The molecule has 10 heavy (non-hydrogen) atoms. The van der Waals surface area contributed by atoms with Crippen molar-refractivity contribution in [1.82, 2.24) is 0 Å². The highest BCUT2D eigenvalue weighted by Crippen LogP contribution is 2.17. The summed E-state index contributed by atoms with van der Waals surface area (Å²) >= 11 is 0. The summed E-state index contributed by atoms with van der Waals surface area (Å²) in [6, 6.07) is 0. The van der Waals surface area contributed by atoms with Gasteiger partial charge in [0.05, 0.1) is 0 Å². The first kappa shape index (κ1) is 9.67. The van der Waals surface area contributed by atoms with Gasteiger partial charge in [0.15, 0.2) is 0 Å². The first-order chi connectivity index (χ1) is 4.59. The second kappa shape index (κ2) is 4.48. The smallest absolute Gasteiger partial charge is 0.0273 e. The predicted molar refractivity (Wildman–Crippen MR) is 47.6 cm³/mol. The van der Waals surface area contributed by atoms with Crippen LogP contribution < -0.4 is 0 Å². The Kier molecular flexibility index (Phi) is 4.33. The standard InChI is InChI=1S/C9H19N/c1-7(2)9(6-10-5)8(3)4/h6-9H,1-5H3/b10-6+. The molecule has 0 aromatic heterocycles. The van der Waals surface area contributed by atoms with E-state index in [-0.39, 0.29) is 0 Å². The average molecular weight is 141 g/mol. The Bertz CT molecular complexity index is 95.3. The Labute approximate surface area is 64.6 Å². The lowest BCUT2D eigenvalue weighted by Crippen LogP contribution is -2.16. The van der Waals surface area contributed by atoms with E-state index in [1.54, 1.807) is 0 Å². The highest BCUT2D eigenvalue weighted by Gasteiger charge is 2.13. The number of hydrogen-bond acceptors (Lipinski definition) is 1. The highest BCUT2D eigenvalue weighted by molar-refractivity contribution is 5.61. The molecule has 0 unspecified atom stereocenters. The molecule has 1 nitrogen and oxygen atoms in total. The first-order valence-electron chi connectivity index (χ1n) is 4.01. The Morgan fingerprint density at radius 2 is 1.40 bits per heavy atom. The van der Waals surface area contributed by atoms with E-state index in [0.717, 1.165) is 0 Å². The van der Waals surface area contributed by atoms with Crippen LogP contribution in [0.5, 0.6) is 0 Å². The van der Waals surface area contributed by atoms with Crippen LogP contribution in [0.3, 0.4) is 0 Å². The molecule has 0 aliphatic carbocycles. The van der Waals surface area contributed by atoms with E-state index in [0.29, 0.717) is 17.8 Å². The van der Waals surface area contributed by atoms with Crippen LogP contribution in [0.4, 0.5) is 0 Å². The molecule has 0 saturated carbocycles. The van der Waals surface area contributed by atoms with Gasteiger partial charge in [0, 0.05) is 13.3 Å². The van der Waals surface area contributed by atoms with Crippen molar-refractivity contribution < 1.29 is 0 Å². The SMILES string of the molecule is C/N=C/C(C(C)C)C(C)C. The first-order valence-corrected chi connectivity index (χ1v) is 4.01. The van der Waals surface area contributed by atoms with Crippen molar-refractivity contribution in [3.63, 3.8) is 0 Å². The van der Waals surface area contributed by atoms with Gasteiger partial charge in [-0.1, -0.05) is 27.7 Å². The molecule has 0 heterocycles. The molecule has 60 valence electrons. The van der Waals surface area contributed by atoms with Crippen LogP contribution in [0, 0.1) is 17.8 Å². The largest absolute Gasteiger partial charge is 0.301 e. The Morgan fingerprint density at radius 3 is 1.50 bits per heavy atom. The molecule has 0 N–H and O–H groups in total. The fourth-order valence-corrected chi connectivity index (χ4v) is 1.29. The molecule has 0 aliphatic rings. The van der Waals surface area contributed by atoms with E-state index in [1.807, 2.05) is 7.05 Å². The molecule has 0 rings (SSSR count). The summed E-state index contributed by atoms with van der Waals surface area (Å²) < 4.78 is 0. The van der Waals surface area contributed by atoms with E-state index in [4.69, 9.17) is 0 Å². The van der Waals surface area contributed by atoms with Crippen molar-refractivity contribution in [1.29, 1.82) is 0 Å². The molecule has 0 aromatic carbocycles. The summed E-state index contributed by atoms with van der Waals surface area (Å²) in [7, 11) is 1.84. The molecule has 0 spiro atoms. The summed E-state index contributed by atoms with van der Waals surface area (Å²) in [4.78, 5) is 4.05. The van der Waals surface area contributed by atoms with Crippen molar-refractivity contribution in [2.45, 2.75) is 27.7 Å². The van der Waals surface area contributed by atoms with Gasteiger partial charge in [-0.05, 0) is 17.8 Å². The fraction of sp³-hybridized carbons (Fsp3) is 0.889. The van der Waals surface area contributed by atoms with Crippen LogP contribution in [-0.4, -0.2) is 13.3 Å². The van der Waals surface area contributed by atoms with Crippen LogP contribution in [-0.2, 0) is 0 Å². The number of hydrogen-bond donors (Lipinski definition) is 0. The van der Waals surface area contributed by atoms with Crippen molar-refractivity contribution in [2.24, 2.45) is 22.7 Å². The van der Waals surface area contributed by atoms with Crippen LogP contribution >= 0.6 is 0 Å². The number of nitrogens with zero attached hydrogens (tertiary/aromatic N) is 1. The van der Waals surface area contributed by atoms with Gasteiger partial charge in [-0.15, -0.1) is 0 Å². The predicted octanol–water partition coefficient (Wildman–Crippen LogP) is 2.62. The lowest BCUT2D eigenvalue weighted by Gasteiger charge is -2.19. The van der Waals surface area contributed by atoms with Gasteiger partial charge in [-0.3, -0.25) is 0 Å². The van der Waals surface area contributed by atoms with Crippen LogP contribution in [0.15, 0.2) is 4.99 Å². The monoisotopic (exact) mass is 141 g/mol. The fourth-order valence-electron chi connectivity index (χ4n) is 1.29. The minimum absolute atomic E-state index is 0.644. The molecule has 1 heteroatoms. The molecule has 0 amide bonds. The van der Waals surface area contributed by atoms with E-state index in [1.165, 1.54) is 0 Å². The van der Waals surface area contributed by atoms with Crippen LogP contribution in [0.1, 0.15) is 27.7 Å². The van der Waals surface area contributed by atoms with E-state index in [2.05, 4.69) is 38.9 Å². The zero-order chi connectivity index (χ0) is 8.15. The zero-order valence-corrected chi connectivity index (χ0v) is 7.76. The average Bonchev–Trinajstić information content (AvgIpc) is 1.81. The van der Waals surface area contributed by atoms with Gasteiger partial charge in [0.25, 0.3) is 0 Å². The van der Waals surface area contributed by atoms with Gasteiger partial charge >= 0.3 is 0 Å². The van der Waals surface area contributed by atoms with Crippen molar-refractivity contribution in [2.75, 3.05) is 7.05 Å². The van der Waals surface area contributed by atoms with E-state index >= 15 is 0 Å². The number of rotatable bonds is 3. The van der Waals surface area contributed by atoms with Crippen molar-refractivity contribution in [3.8, 4) is 0 Å². The molecule has 0 fully saturated rings. The van der Waals surface area contributed by atoms with Crippen molar-refractivity contribution >= 4 is 6.21 Å². The third-order valence-corrected chi connectivity index (χ3v) is 1.86. The van der Waals surface area contributed by atoms with Gasteiger partial charge < -0.3 is 4.99 Å². The molecule has 0 saturated heterocycles. The lowest BCUT2D eigenvalue weighted by atomic mass is 9.87. The van der Waals surface area contributed by atoms with E-state index < -0.39 is 0 Å². The Morgan fingerprint density at radius 1 is 1.00 bits per heavy atom. The van der Waals surface area contributed by atoms with Gasteiger partial charge in [-0.2, -0.15) is 0 Å². The molecule has 0 radical (unpaired) electrons. The highest BCUT2D eigenvalue weighted by atomic mass is 14.6. The van der Waals surface area contributed by atoms with Gasteiger partial charge in [-0.25, -0.2) is 0 Å². The molecule has 0 aromatic rings.